The lowest BCUT2D eigenvalue weighted by atomic mass is 10.1. The molecule has 1 heterocycles. The van der Waals surface area contributed by atoms with Crippen LogP contribution in [0.3, 0.4) is 0 Å². The molecule has 162 valence electrons. The molecule has 2 amide bonds. The maximum absolute atomic E-state index is 12.8. The summed E-state index contributed by atoms with van der Waals surface area (Å²) in [5, 5.41) is 5.70. The number of carbonyl (C=O) groups is 2. The van der Waals surface area contributed by atoms with E-state index in [9.17, 15) is 9.59 Å². The second kappa shape index (κ2) is 8.51. The zero-order valence-corrected chi connectivity index (χ0v) is 17.8. The van der Waals surface area contributed by atoms with Crippen LogP contribution < -0.4 is 20.1 Å². The minimum absolute atomic E-state index is 0.296. The van der Waals surface area contributed by atoms with Gasteiger partial charge in [-0.2, -0.15) is 0 Å². The lowest BCUT2D eigenvalue weighted by Crippen LogP contribution is -2.14. The van der Waals surface area contributed by atoms with Gasteiger partial charge in [0.1, 0.15) is 17.2 Å². The summed E-state index contributed by atoms with van der Waals surface area (Å²) in [5.74, 6) is 1.75. The number of fused-ring (bicyclic) bond motifs is 2. The fourth-order valence-corrected chi connectivity index (χ4v) is 3.52. The quantitative estimate of drug-likeness (QED) is 0.388. The van der Waals surface area contributed by atoms with Crippen LogP contribution in [0.2, 0.25) is 0 Å². The lowest BCUT2D eigenvalue weighted by Gasteiger charge is -2.10. The second-order valence-corrected chi connectivity index (χ2v) is 7.66. The molecule has 0 fully saturated rings. The molecule has 5 rings (SSSR count). The van der Waals surface area contributed by atoms with E-state index in [4.69, 9.17) is 9.47 Å². The molecule has 0 bridgehead atoms. The van der Waals surface area contributed by atoms with Crippen LogP contribution in [0, 0.1) is 6.92 Å². The van der Waals surface area contributed by atoms with Crippen molar-refractivity contribution in [1.82, 2.24) is 0 Å². The number of ether oxygens (including phenoxy) is 2. The maximum Gasteiger partial charge on any atom is 0.259 e. The first kappa shape index (κ1) is 20.3. The second-order valence-electron chi connectivity index (χ2n) is 7.66. The molecule has 0 atom stereocenters. The van der Waals surface area contributed by atoms with Gasteiger partial charge < -0.3 is 20.1 Å². The monoisotopic (exact) mass is 436 g/mol. The van der Waals surface area contributed by atoms with E-state index in [-0.39, 0.29) is 11.8 Å². The molecular formula is C27H20N2O4. The van der Waals surface area contributed by atoms with Crippen LogP contribution in [0.1, 0.15) is 26.3 Å². The third kappa shape index (κ3) is 4.41. The van der Waals surface area contributed by atoms with Crippen molar-refractivity contribution >= 4 is 23.2 Å². The highest BCUT2D eigenvalue weighted by molar-refractivity contribution is 6.10. The molecule has 4 aromatic rings. The van der Waals surface area contributed by atoms with Crippen LogP contribution in [-0.4, -0.2) is 11.8 Å². The van der Waals surface area contributed by atoms with Crippen molar-refractivity contribution in [3.63, 3.8) is 0 Å². The minimum atomic E-state index is -0.298. The average Bonchev–Trinajstić information content (AvgIpc) is 2.95. The molecule has 4 aromatic carbocycles. The van der Waals surface area contributed by atoms with Gasteiger partial charge in [0.05, 0.1) is 11.3 Å². The van der Waals surface area contributed by atoms with Gasteiger partial charge in [0.25, 0.3) is 11.8 Å². The van der Waals surface area contributed by atoms with Crippen LogP contribution in [0.15, 0.2) is 91.0 Å². The Kier molecular flexibility index (Phi) is 5.24. The predicted molar refractivity (Wildman–Crippen MR) is 127 cm³/mol. The first-order valence-corrected chi connectivity index (χ1v) is 10.4. The molecule has 0 radical (unpaired) electrons. The smallest absolute Gasteiger partial charge is 0.259 e. The minimum Gasteiger partial charge on any atom is -0.457 e. The third-order valence-corrected chi connectivity index (χ3v) is 5.18. The van der Waals surface area contributed by atoms with Crippen LogP contribution >= 0.6 is 0 Å². The van der Waals surface area contributed by atoms with E-state index in [0.717, 1.165) is 11.3 Å². The Morgan fingerprint density at radius 2 is 1.58 bits per heavy atom. The van der Waals surface area contributed by atoms with E-state index < -0.39 is 0 Å². The molecule has 0 aliphatic carbocycles. The normalized spacial score (nSPS) is 11.8. The van der Waals surface area contributed by atoms with Gasteiger partial charge in [-0.05, 0) is 79.2 Å². The van der Waals surface area contributed by atoms with Gasteiger partial charge in [0.2, 0.25) is 0 Å². The zero-order valence-electron chi connectivity index (χ0n) is 17.8. The zero-order chi connectivity index (χ0) is 22.8. The predicted octanol–water partition coefficient (Wildman–Crippen LogP) is 6.40. The first-order chi connectivity index (χ1) is 16.0. The van der Waals surface area contributed by atoms with E-state index >= 15 is 0 Å². The lowest BCUT2D eigenvalue weighted by molar-refractivity contribution is 0.101. The number of para-hydroxylation sites is 1. The number of hydrogen-bond donors (Lipinski definition) is 2. The standard InChI is InChI=1S/C27H20N2O4/c1-17-7-13-25-23(15-17)29-27(31)22-16-19(10-14-24(22)33-25)28-26(30)18-8-11-21(12-9-18)32-20-5-3-2-4-6-20/h2-16H,1H3,(H,28,30)(H,29,31). The summed E-state index contributed by atoms with van der Waals surface area (Å²) in [6.07, 6.45) is 0. The molecule has 0 saturated carbocycles. The number of hydrogen-bond acceptors (Lipinski definition) is 4. The van der Waals surface area contributed by atoms with E-state index in [2.05, 4.69) is 10.6 Å². The fourth-order valence-electron chi connectivity index (χ4n) is 3.52. The van der Waals surface area contributed by atoms with Gasteiger partial charge in [-0.1, -0.05) is 24.3 Å². The summed E-state index contributed by atoms with van der Waals surface area (Å²) < 4.78 is 11.7. The number of rotatable bonds is 4. The number of nitrogens with one attached hydrogen (secondary N) is 2. The molecule has 0 saturated heterocycles. The average molecular weight is 436 g/mol. The highest BCUT2D eigenvalue weighted by atomic mass is 16.5. The Hall–Kier alpha value is -4.58. The van der Waals surface area contributed by atoms with Crippen molar-refractivity contribution in [3.05, 3.63) is 108 Å². The third-order valence-electron chi connectivity index (χ3n) is 5.18. The number of benzene rings is 4. The van der Waals surface area contributed by atoms with Gasteiger partial charge in [0, 0.05) is 11.3 Å². The maximum atomic E-state index is 12.8. The first-order valence-electron chi connectivity index (χ1n) is 10.4. The SMILES string of the molecule is Cc1ccc2c(c1)NC(=O)c1cc(NC(=O)c3ccc(Oc4ccccc4)cc3)ccc1O2. The van der Waals surface area contributed by atoms with Crippen molar-refractivity contribution in [3.8, 4) is 23.0 Å². The van der Waals surface area contributed by atoms with Gasteiger partial charge in [-0.15, -0.1) is 0 Å². The van der Waals surface area contributed by atoms with E-state index in [1.54, 1.807) is 42.5 Å². The topological polar surface area (TPSA) is 76.7 Å². The number of carbonyl (C=O) groups excluding carboxylic acids is 2. The number of aryl methyl sites for hydroxylation is 1. The Labute approximate surface area is 190 Å². The van der Waals surface area contributed by atoms with Gasteiger partial charge in [-0.25, -0.2) is 0 Å². The molecule has 6 heteroatoms. The van der Waals surface area contributed by atoms with Gasteiger partial charge in [0.15, 0.2) is 5.75 Å². The Morgan fingerprint density at radius 3 is 2.36 bits per heavy atom. The molecule has 0 aromatic heterocycles. The van der Waals surface area contributed by atoms with E-state index in [0.29, 0.717) is 39.8 Å². The van der Waals surface area contributed by atoms with Crippen LogP contribution in [-0.2, 0) is 0 Å². The molecular weight excluding hydrogens is 416 g/mol. The van der Waals surface area contributed by atoms with Crippen LogP contribution in [0.5, 0.6) is 23.0 Å². The van der Waals surface area contributed by atoms with Crippen molar-refractivity contribution in [2.45, 2.75) is 6.92 Å². The Morgan fingerprint density at radius 1 is 0.848 bits per heavy atom. The molecule has 2 N–H and O–H groups in total. The van der Waals surface area contributed by atoms with Crippen molar-refractivity contribution < 1.29 is 19.1 Å². The van der Waals surface area contributed by atoms with Gasteiger partial charge >= 0.3 is 0 Å². The van der Waals surface area contributed by atoms with Gasteiger partial charge in [-0.3, -0.25) is 9.59 Å². The summed E-state index contributed by atoms with van der Waals surface area (Å²) in [6.45, 7) is 1.94. The van der Waals surface area contributed by atoms with Crippen molar-refractivity contribution in [2.24, 2.45) is 0 Å². The Balaban J connectivity index is 1.31. The molecule has 0 spiro atoms. The molecule has 33 heavy (non-hydrogen) atoms. The summed E-state index contributed by atoms with van der Waals surface area (Å²) in [7, 11) is 0. The number of anilines is 2. The molecule has 1 aliphatic heterocycles. The highest BCUT2D eigenvalue weighted by Gasteiger charge is 2.21. The van der Waals surface area contributed by atoms with Crippen molar-refractivity contribution in [2.75, 3.05) is 10.6 Å². The van der Waals surface area contributed by atoms with E-state index in [1.165, 1.54) is 0 Å². The summed E-state index contributed by atoms with van der Waals surface area (Å²) in [4.78, 5) is 25.5. The summed E-state index contributed by atoms with van der Waals surface area (Å²) >= 11 is 0. The van der Waals surface area contributed by atoms with E-state index in [1.807, 2.05) is 55.5 Å². The van der Waals surface area contributed by atoms with Crippen LogP contribution in [0.25, 0.3) is 0 Å². The van der Waals surface area contributed by atoms with Crippen LogP contribution in [0.4, 0.5) is 11.4 Å². The largest absolute Gasteiger partial charge is 0.457 e. The summed E-state index contributed by atoms with van der Waals surface area (Å²) in [6, 6.07) is 26.8. The molecule has 0 unspecified atom stereocenters. The summed E-state index contributed by atoms with van der Waals surface area (Å²) in [5.41, 5.74) is 2.92. The molecule has 1 aliphatic rings. The highest BCUT2D eigenvalue weighted by Crippen LogP contribution is 2.37. The fraction of sp³-hybridized carbons (Fsp3) is 0.0370. The Bertz CT molecular complexity index is 1350. The molecule has 6 nitrogen and oxygen atoms in total. The number of amides is 2. The van der Waals surface area contributed by atoms with Crippen molar-refractivity contribution in [1.29, 1.82) is 0 Å².